The summed E-state index contributed by atoms with van der Waals surface area (Å²) in [7, 11) is 0. The van der Waals surface area contributed by atoms with Crippen molar-refractivity contribution < 1.29 is 14.3 Å². The quantitative estimate of drug-likeness (QED) is 0.570. The Kier molecular flexibility index (Phi) is 8.17. The first-order valence-corrected chi connectivity index (χ1v) is 8.87. The van der Waals surface area contributed by atoms with Gasteiger partial charge in [-0.3, -0.25) is 10.3 Å². The van der Waals surface area contributed by atoms with Gasteiger partial charge < -0.3 is 15.4 Å². The van der Waals surface area contributed by atoms with Gasteiger partial charge in [-0.15, -0.1) is 12.4 Å². The summed E-state index contributed by atoms with van der Waals surface area (Å²) in [5.74, 6) is 0.459. The number of nitrogens with one attached hydrogen (secondary N) is 3. The average Bonchev–Trinajstić information content (AvgIpc) is 2.71. The molecule has 0 saturated carbocycles. The Morgan fingerprint density at radius 3 is 2.66 bits per heavy atom. The molecule has 3 aromatic rings. The molecule has 1 aromatic carbocycles. The SMILES string of the molecule is CCNC(=O)Nc1cc2cccc(CNC(=O)OCc3ccncc3)c2cn1.Cl. The Morgan fingerprint density at radius 2 is 1.90 bits per heavy atom. The zero-order chi connectivity index (χ0) is 19.8. The number of alkyl carbamates (subject to hydrolysis) is 1. The summed E-state index contributed by atoms with van der Waals surface area (Å²) in [6, 6.07) is 10.8. The van der Waals surface area contributed by atoms with Gasteiger partial charge in [0.15, 0.2) is 0 Å². The van der Waals surface area contributed by atoms with E-state index in [1.807, 2.05) is 25.1 Å². The summed E-state index contributed by atoms with van der Waals surface area (Å²) in [6.45, 7) is 2.86. The van der Waals surface area contributed by atoms with Crippen molar-refractivity contribution >= 4 is 41.1 Å². The van der Waals surface area contributed by atoms with Gasteiger partial charge in [-0.25, -0.2) is 14.6 Å². The van der Waals surface area contributed by atoms with Crippen molar-refractivity contribution in [2.24, 2.45) is 0 Å². The number of urea groups is 1. The molecule has 0 radical (unpaired) electrons. The van der Waals surface area contributed by atoms with Gasteiger partial charge in [0, 0.05) is 37.1 Å². The first-order valence-electron chi connectivity index (χ1n) is 8.87. The lowest BCUT2D eigenvalue weighted by atomic mass is 10.1. The number of pyridine rings is 2. The molecule has 0 bridgehead atoms. The van der Waals surface area contributed by atoms with Crippen molar-refractivity contribution in [1.29, 1.82) is 0 Å². The van der Waals surface area contributed by atoms with E-state index < -0.39 is 6.09 Å². The molecule has 8 nitrogen and oxygen atoms in total. The third kappa shape index (κ3) is 6.32. The van der Waals surface area contributed by atoms with Crippen LogP contribution >= 0.6 is 12.4 Å². The minimum absolute atomic E-state index is 0. The normalized spacial score (nSPS) is 9.97. The van der Waals surface area contributed by atoms with Crippen LogP contribution in [0.15, 0.2) is 55.0 Å². The number of fused-ring (bicyclic) bond motifs is 1. The largest absolute Gasteiger partial charge is 0.445 e. The van der Waals surface area contributed by atoms with E-state index in [0.717, 1.165) is 21.9 Å². The molecular formula is C20H22ClN5O3. The maximum absolute atomic E-state index is 11.9. The lowest BCUT2D eigenvalue weighted by Gasteiger charge is -2.10. The van der Waals surface area contributed by atoms with Crippen molar-refractivity contribution in [3.8, 4) is 0 Å². The molecule has 9 heteroatoms. The molecule has 29 heavy (non-hydrogen) atoms. The van der Waals surface area contributed by atoms with Crippen LogP contribution in [0.2, 0.25) is 0 Å². The maximum Gasteiger partial charge on any atom is 0.407 e. The van der Waals surface area contributed by atoms with Crippen molar-refractivity contribution in [1.82, 2.24) is 20.6 Å². The number of ether oxygens (including phenoxy) is 1. The molecule has 0 spiro atoms. The fourth-order valence-electron chi connectivity index (χ4n) is 2.62. The van der Waals surface area contributed by atoms with Crippen LogP contribution in [-0.4, -0.2) is 28.6 Å². The fraction of sp³-hybridized carbons (Fsp3) is 0.200. The lowest BCUT2D eigenvalue weighted by Crippen LogP contribution is -2.28. The molecule has 0 aliphatic heterocycles. The van der Waals surface area contributed by atoms with E-state index in [0.29, 0.717) is 18.9 Å². The number of nitrogens with zero attached hydrogens (tertiary/aromatic N) is 2. The Morgan fingerprint density at radius 1 is 1.10 bits per heavy atom. The number of carbonyl (C=O) groups excluding carboxylic acids is 2. The molecule has 0 fully saturated rings. The molecule has 2 heterocycles. The third-order valence-electron chi connectivity index (χ3n) is 3.98. The average molecular weight is 416 g/mol. The van der Waals surface area contributed by atoms with E-state index in [1.165, 1.54) is 0 Å². The van der Waals surface area contributed by atoms with Crippen LogP contribution in [0.3, 0.4) is 0 Å². The molecule has 3 N–H and O–H groups in total. The Labute approximate surface area is 174 Å². The molecule has 3 rings (SSSR count). The highest BCUT2D eigenvalue weighted by Crippen LogP contribution is 2.20. The number of amides is 3. The van der Waals surface area contributed by atoms with Gasteiger partial charge in [0.1, 0.15) is 12.4 Å². The van der Waals surface area contributed by atoms with E-state index in [2.05, 4.69) is 25.9 Å². The van der Waals surface area contributed by atoms with Gasteiger partial charge in [-0.1, -0.05) is 18.2 Å². The topological polar surface area (TPSA) is 105 Å². The molecule has 0 aliphatic carbocycles. The summed E-state index contributed by atoms with van der Waals surface area (Å²) in [5.41, 5.74) is 1.77. The fourth-order valence-corrected chi connectivity index (χ4v) is 2.62. The summed E-state index contributed by atoms with van der Waals surface area (Å²) in [4.78, 5) is 31.8. The second kappa shape index (κ2) is 10.8. The molecule has 152 valence electrons. The molecule has 0 unspecified atom stereocenters. The number of hydrogen-bond donors (Lipinski definition) is 3. The first-order chi connectivity index (χ1) is 13.7. The van der Waals surface area contributed by atoms with E-state index in [4.69, 9.17) is 4.74 Å². The van der Waals surface area contributed by atoms with Gasteiger partial charge in [-0.2, -0.15) is 0 Å². The van der Waals surface area contributed by atoms with Crippen molar-refractivity contribution in [2.75, 3.05) is 11.9 Å². The molecule has 0 aliphatic rings. The van der Waals surface area contributed by atoms with Gasteiger partial charge in [0.25, 0.3) is 0 Å². The molecule has 3 amide bonds. The number of anilines is 1. The summed E-state index contributed by atoms with van der Waals surface area (Å²) in [5, 5.41) is 9.87. The Balaban J connectivity index is 0.00000300. The number of aromatic nitrogens is 2. The molecule has 2 aromatic heterocycles. The predicted molar refractivity (Wildman–Crippen MR) is 113 cm³/mol. The van der Waals surface area contributed by atoms with Crippen LogP contribution in [0, 0.1) is 0 Å². The van der Waals surface area contributed by atoms with Crippen LogP contribution in [0.4, 0.5) is 15.4 Å². The van der Waals surface area contributed by atoms with Crippen LogP contribution in [-0.2, 0) is 17.9 Å². The number of rotatable bonds is 6. The second-order valence-corrected chi connectivity index (χ2v) is 5.98. The summed E-state index contributed by atoms with van der Waals surface area (Å²) >= 11 is 0. The van der Waals surface area contributed by atoms with Gasteiger partial charge >= 0.3 is 12.1 Å². The zero-order valence-electron chi connectivity index (χ0n) is 15.8. The standard InChI is InChI=1S/C20H21N5O3.ClH/c1-2-22-19(26)25-18-10-15-4-3-5-16(17(15)12-23-18)11-24-20(27)28-13-14-6-8-21-9-7-14;/h3-10,12H,2,11,13H2,1H3,(H,24,27)(H2,22,23,25,26);1H. The van der Waals surface area contributed by atoms with Crippen LogP contribution in [0.25, 0.3) is 10.8 Å². The highest BCUT2D eigenvalue weighted by molar-refractivity contribution is 5.92. The summed E-state index contributed by atoms with van der Waals surface area (Å²) in [6.07, 6.45) is 4.47. The molecule has 0 saturated heterocycles. The van der Waals surface area contributed by atoms with E-state index in [-0.39, 0.29) is 25.0 Å². The predicted octanol–water partition coefficient (Wildman–Crippen LogP) is 3.62. The first kappa shape index (κ1) is 21.9. The third-order valence-corrected chi connectivity index (χ3v) is 3.98. The number of hydrogen-bond acceptors (Lipinski definition) is 5. The number of benzene rings is 1. The minimum atomic E-state index is -0.503. The van der Waals surface area contributed by atoms with Gasteiger partial charge in [0.05, 0.1) is 0 Å². The highest BCUT2D eigenvalue weighted by atomic mass is 35.5. The maximum atomic E-state index is 11.9. The van der Waals surface area contributed by atoms with E-state index in [1.54, 1.807) is 36.8 Å². The van der Waals surface area contributed by atoms with Crippen molar-refractivity contribution in [3.05, 3.63) is 66.1 Å². The highest BCUT2D eigenvalue weighted by Gasteiger charge is 2.08. The Hall–Kier alpha value is -3.39. The minimum Gasteiger partial charge on any atom is -0.445 e. The van der Waals surface area contributed by atoms with Crippen molar-refractivity contribution in [2.45, 2.75) is 20.1 Å². The van der Waals surface area contributed by atoms with Gasteiger partial charge in [0.2, 0.25) is 0 Å². The smallest absolute Gasteiger partial charge is 0.407 e. The molecular weight excluding hydrogens is 394 g/mol. The number of halogens is 1. The molecule has 0 atom stereocenters. The van der Waals surface area contributed by atoms with E-state index in [9.17, 15) is 9.59 Å². The van der Waals surface area contributed by atoms with Crippen LogP contribution in [0.1, 0.15) is 18.1 Å². The van der Waals surface area contributed by atoms with Crippen LogP contribution < -0.4 is 16.0 Å². The van der Waals surface area contributed by atoms with Gasteiger partial charge in [-0.05, 0) is 41.6 Å². The second-order valence-electron chi connectivity index (χ2n) is 5.98. The number of carbonyl (C=O) groups is 2. The zero-order valence-corrected chi connectivity index (χ0v) is 16.7. The van der Waals surface area contributed by atoms with Crippen LogP contribution in [0.5, 0.6) is 0 Å². The summed E-state index contributed by atoms with van der Waals surface area (Å²) < 4.78 is 5.20. The Bertz CT molecular complexity index is 969. The van der Waals surface area contributed by atoms with Crippen molar-refractivity contribution in [3.63, 3.8) is 0 Å². The lowest BCUT2D eigenvalue weighted by molar-refractivity contribution is 0.139. The monoisotopic (exact) mass is 415 g/mol. The van der Waals surface area contributed by atoms with E-state index >= 15 is 0 Å².